The smallest absolute Gasteiger partial charge is 0.335 e. The van der Waals surface area contributed by atoms with Crippen LogP contribution in [0.4, 0.5) is 11.8 Å². The number of hydrogen-bond donors (Lipinski definition) is 3. The van der Waals surface area contributed by atoms with E-state index in [2.05, 4.69) is 27.1 Å². The number of aromatic carboxylic acids is 1. The highest BCUT2D eigenvalue weighted by atomic mass is 16.4. The van der Waals surface area contributed by atoms with E-state index in [-0.39, 0.29) is 17.6 Å². The second-order valence-corrected chi connectivity index (χ2v) is 5.48. The average molecular weight is 303 g/mol. The molecule has 0 radical (unpaired) electrons. The monoisotopic (exact) mass is 303 g/mol. The van der Waals surface area contributed by atoms with Crippen LogP contribution in [-0.4, -0.2) is 52.6 Å². The summed E-state index contributed by atoms with van der Waals surface area (Å²) in [5.41, 5.74) is 6.58. The number of nitrogens with zero attached hydrogens (tertiary/aromatic N) is 3. The van der Waals surface area contributed by atoms with Gasteiger partial charge >= 0.3 is 5.97 Å². The lowest BCUT2D eigenvalue weighted by Gasteiger charge is -2.22. The molecule has 118 valence electrons. The number of rotatable bonds is 6. The lowest BCUT2D eigenvalue weighted by Crippen LogP contribution is -2.32. The van der Waals surface area contributed by atoms with E-state index in [0.29, 0.717) is 16.7 Å². The van der Waals surface area contributed by atoms with Gasteiger partial charge < -0.3 is 21.1 Å². The number of likely N-dealkylation sites (N-methyl/N-ethyl adjacent to an activating group) is 1. The van der Waals surface area contributed by atoms with Crippen LogP contribution >= 0.6 is 0 Å². The van der Waals surface area contributed by atoms with Gasteiger partial charge in [0.2, 0.25) is 5.95 Å². The molecule has 0 aliphatic carbocycles. The van der Waals surface area contributed by atoms with Crippen molar-refractivity contribution in [1.82, 2.24) is 14.9 Å². The van der Waals surface area contributed by atoms with E-state index in [9.17, 15) is 4.79 Å². The van der Waals surface area contributed by atoms with Crippen molar-refractivity contribution in [3.63, 3.8) is 0 Å². The number of benzene rings is 1. The van der Waals surface area contributed by atoms with E-state index in [0.717, 1.165) is 13.0 Å². The number of carbonyl (C=O) groups is 1. The molecule has 2 rings (SSSR count). The molecule has 1 atom stereocenters. The van der Waals surface area contributed by atoms with Gasteiger partial charge in [0.05, 0.1) is 11.1 Å². The second kappa shape index (κ2) is 6.57. The summed E-state index contributed by atoms with van der Waals surface area (Å²) in [5.74, 6) is -0.248. The van der Waals surface area contributed by atoms with Gasteiger partial charge in [0.1, 0.15) is 5.82 Å². The lowest BCUT2D eigenvalue weighted by atomic mass is 10.1. The maximum Gasteiger partial charge on any atom is 0.335 e. The van der Waals surface area contributed by atoms with Crippen LogP contribution < -0.4 is 11.1 Å². The first-order chi connectivity index (χ1) is 10.4. The molecule has 22 heavy (non-hydrogen) atoms. The average Bonchev–Trinajstić information content (AvgIpc) is 2.45. The number of aromatic nitrogens is 2. The van der Waals surface area contributed by atoms with Crippen molar-refractivity contribution in [2.24, 2.45) is 0 Å². The van der Waals surface area contributed by atoms with Crippen LogP contribution in [0.15, 0.2) is 18.2 Å². The summed E-state index contributed by atoms with van der Waals surface area (Å²) in [6, 6.07) is 4.91. The molecule has 0 amide bonds. The van der Waals surface area contributed by atoms with Gasteiger partial charge in [-0.25, -0.2) is 9.78 Å². The SMILES string of the molecule is CC[C@H](CN(C)C)Nc1nc(N)nc2ccc(C(=O)O)cc12. The van der Waals surface area contributed by atoms with Crippen molar-refractivity contribution in [2.45, 2.75) is 19.4 Å². The van der Waals surface area contributed by atoms with E-state index in [1.54, 1.807) is 12.1 Å². The van der Waals surface area contributed by atoms with Crippen LogP contribution in [0.2, 0.25) is 0 Å². The fourth-order valence-corrected chi connectivity index (χ4v) is 2.30. The van der Waals surface area contributed by atoms with Gasteiger partial charge in [-0.3, -0.25) is 0 Å². The summed E-state index contributed by atoms with van der Waals surface area (Å²) in [6.45, 7) is 2.91. The van der Waals surface area contributed by atoms with Crippen molar-refractivity contribution >= 4 is 28.6 Å². The molecule has 1 heterocycles. The molecular weight excluding hydrogens is 282 g/mol. The molecule has 0 unspecified atom stereocenters. The summed E-state index contributed by atoms with van der Waals surface area (Å²) in [6.07, 6.45) is 0.905. The third kappa shape index (κ3) is 3.62. The Bertz CT molecular complexity index is 687. The predicted molar refractivity (Wildman–Crippen MR) is 87.2 cm³/mol. The Labute approximate surface area is 129 Å². The van der Waals surface area contributed by atoms with E-state index in [1.165, 1.54) is 6.07 Å². The number of hydrogen-bond acceptors (Lipinski definition) is 6. The maximum absolute atomic E-state index is 11.2. The Hall–Kier alpha value is -2.41. The summed E-state index contributed by atoms with van der Waals surface area (Å²) < 4.78 is 0. The zero-order valence-electron chi connectivity index (χ0n) is 13.0. The van der Waals surface area contributed by atoms with Crippen molar-refractivity contribution in [2.75, 3.05) is 31.7 Å². The molecule has 1 aromatic carbocycles. The quantitative estimate of drug-likeness (QED) is 0.745. The number of carboxylic acids is 1. The van der Waals surface area contributed by atoms with Gasteiger partial charge in [-0.1, -0.05) is 6.92 Å². The van der Waals surface area contributed by atoms with Crippen LogP contribution in [0.3, 0.4) is 0 Å². The molecule has 2 aromatic rings. The number of anilines is 2. The Morgan fingerprint density at radius 3 is 2.73 bits per heavy atom. The highest BCUT2D eigenvalue weighted by molar-refractivity contribution is 5.97. The fourth-order valence-electron chi connectivity index (χ4n) is 2.30. The zero-order chi connectivity index (χ0) is 16.3. The number of nitrogens with one attached hydrogen (secondary N) is 1. The summed E-state index contributed by atoms with van der Waals surface area (Å²) in [4.78, 5) is 21.6. The van der Waals surface area contributed by atoms with E-state index in [4.69, 9.17) is 10.8 Å². The molecular formula is C15H21N5O2. The van der Waals surface area contributed by atoms with Crippen LogP contribution in [-0.2, 0) is 0 Å². The molecule has 0 bridgehead atoms. The highest BCUT2D eigenvalue weighted by Gasteiger charge is 2.14. The van der Waals surface area contributed by atoms with Gasteiger partial charge in [0.15, 0.2) is 0 Å². The van der Waals surface area contributed by atoms with Crippen molar-refractivity contribution in [1.29, 1.82) is 0 Å². The van der Waals surface area contributed by atoms with Crippen molar-refractivity contribution < 1.29 is 9.90 Å². The van der Waals surface area contributed by atoms with Crippen LogP contribution in [0.5, 0.6) is 0 Å². The van der Waals surface area contributed by atoms with Gasteiger partial charge in [0.25, 0.3) is 0 Å². The van der Waals surface area contributed by atoms with E-state index < -0.39 is 5.97 Å². The number of fused-ring (bicyclic) bond motifs is 1. The minimum atomic E-state index is -0.981. The Morgan fingerprint density at radius 1 is 1.41 bits per heavy atom. The maximum atomic E-state index is 11.2. The minimum absolute atomic E-state index is 0.165. The topological polar surface area (TPSA) is 104 Å². The molecule has 0 spiro atoms. The summed E-state index contributed by atoms with van der Waals surface area (Å²) >= 11 is 0. The number of nitrogens with two attached hydrogens (primary N) is 1. The first-order valence-corrected chi connectivity index (χ1v) is 7.12. The van der Waals surface area contributed by atoms with Crippen molar-refractivity contribution in [3.05, 3.63) is 23.8 Å². The standard InChI is InChI=1S/C15H21N5O2/c1-4-10(8-20(2)3)17-13-11-7-9(14(21)22)5-6-12(11)18-15(16)19-13/h5-7,10H,4,8H2,1-3H3,(H,21,22)(H3,16,17,18,19)/t10-/m1/s1. The molecule has 0 saturated heterocycles. The first kappa shape index (κ1) is 16.0. The normalized spacial score (nSPS) is 12.5. The molecule has 0 aliphatic rings. The Balaban J connectivity index is 2.46. The van der Waals surface area contributed by atoms with Gasteiger partial charge in [-0.2, -0.15) is 4.98 Å². The first-order valence-electron chi connectivity index (χ1n) is 7.12. The molecule has 7 nitrogen and oxygen atoms in total. The van der Waals surface area contributed by atoms with Gasteiger partial charge in [-0.15, -0.1) is 0 Å². The zero-order valence-corrected chi connectivity index (χ0v) is 13.0. The van der Waals surface area contributed by atoms with Gasteiger partial charge in [-0.05, 0) is 38.7 Å². The summed E-state index contributed by atoms with van der Waals surface area (Å²) in [5, 5.41) is 13.1. The van der Waals surface area contributed by atoms with Crippen LogP contribution in [0.1, 0.15) is 23.7 Å². The second-order valence-electron chi connectivity index (χ2n) is 5.48. The number of carboxylic acid groups (broad SMARTS) is 1. The lowest BCUT2D eigenvalue weighted by molar-refractivity contribution is 0.0697. The Morgan fingerprint density at radius 2 is 2.14 bits per heavy atom. The van der Waals surface area contributed by atoms with Crippen LogP contribution in [0.25, 0.3) is 10.9 Å². The molecule has 0 aliphatic heterocycles. The fraction of sp³-hybridized carbons (Fsp3) is 0.400. The molecule has 1 aromatic heterocycles. The molecule has 0 saturated carbocycles. The Kier molecular flexibility index (Phi) is 4.77. The predicted octanol–water partition coefficient (Wildman–Crippen LogP) is 1.66. The highest BCUT2D eigenvalue weighted by Crippen LogP contribution is 2.23. The van der Waals surface area contributed by atoms with E-state index >= 15 is 0 Å². The van der Waals surface area contributed by atoms with Gasteiger partial charge in [0, 0.05) is 18.0 Å². The minimum Gasteiger partial charge on any atom is -0.478 e. The third-order valence-electron chi connectivity index (χ3n) is 3.38. The van der Waals surface area contributed by atoms with Crippen LogP contribution in [0, 0.1) is 0 Å². The largest absolute Gasteiger partial charge is 0.478 e. The van der Waals surface area contributed by atoms with E-state index in [1.807, 2.05) is 14.1 Å². The molecule has 4 N–H and O–H groups in total. The van der Waals surface area contributed by atoms with Crippen molar-refractivity contribution in [3.8, 4) is 0 Å². The molecule has 0 fully saturated rings. The number of nitrogen functional groups attached to an aromatic ring is 1. The molecule has 7 heteroatoms. The third-order valence-corrected chi connectivity index (χ3v) is 3.38. The summed E-state index contributed by atoms with van der Waals surface area (Å²) in [7, 11) is 4.00.